The van der Waals surface area contributed by atoms with Gasteiger partial charge in [0, 0.05) is 5.69 Å². The van der Waals surface area contributed by atoms with Crippen LogP contribution in [0.3, 0.4) is 0 Å². The molecule has 2 aromatic carbocycles. The minimum absolute atomic E-state index is 0.00827. The van der Waals surface area contributed by atoms with Gasteiger partial charge < -0.3 is 15.0 Å². The third-order valence-corrected chi connectivity index (χ3v) is 3.64. The van der Waals surface area contributed by atoms with Gasteiger partial charge in [-0.1, -0.05) is 48.5 Å². The Balaban J connectivity index is 1.94. The molecule has 2 N–H and O–H groups in total. The number of aromatic amines is 1. The minimum Gasteiger partial charge on any atom is -0.477 e. The molecule has 0 unspecified atom stereocenters. The van der Waals surface area contributed by atoms with Crippen molar-refractivity contribution in [1.82, 2.24) is 4.98 Å². The molecule has 3 rings (SSSR count). The van der Waals surface area contributed by atoms with Crippen LogP contribution in [0.4, 0.5) is 5.69 Å². The molecule has 0 fully saturated rings. The van der Waals surface area contributed by atoms with E-state index in [-0.39, 0.29) is 17.3 Å². The van der Waals surface area contributed by atoms with Crippen molar-refractivity contribution in [3.8, 4) is 0 Å². The number of para-hydroxylation sites is 1. The quantitative estimate of drug-likeness (QED) is 0.755. The van der Waals surface area contributed by atoms with Crippen LogP contribution < -0.4 is 4.90 Å². The second kappa shape index (κ2) is 6.83. The standard InChI is InChI=1S/C19H16N2O3/c22-18(16-11-12-17(20-16)19(23)24)21(15-9-5-2-6-10-15)13-14-7-3-1-4-8-14/h1-12,20H,13H2,(H,23,24). The summed E-state index contributed by atoms with van der Waals surface area (Å²) in [5, 5.41) is 9.01. The minimum atomic E-state index is -1.09. The van der Waals surface area contributed by atoms with Gasteiger partial charge in [0.05, 0.1) is 6.54 Å². The zero-order valence-corrected chi connectivity index (χ0v) is 12.8. The van der Waals surface area contributed by atoms with Gasteiger partial charge in [-0.05, 0) is 29.8 Å². The molecule has 3 aromatic rings. The molecule has 0 aliphatic rings. The largest absolute Gasteiger partial charge is 0.477 e. The van der Waals surface area contributed by atoms with E-state index >= 15 is 0 Å². The highest BCUT2D eigenvalue weighted by Crippen LogP contribution is 2.20. The molecule has 5 nitrogen and oxygen atoms in total. The number of nitrogens with one attached hydrogen (secondary N) is 1. The first-order valence-electron chi connectivity index (χ1n) is 7.48. The lowest BCUT2D eigenvalue weighted by Gasteiger charge is -2.22. The Bertz CT molecular complexity index is 841. The summed E-state index contributed by atoms with van der Waals surface area (Å²) in [5.41, 5.74) is 1.97. The van der Waals surface area contributed by atoms with Crippen LogP contribution in [0.15, 0.2) is 72.8 Å². The van der Waals surface area contributed by atoms with Gasteiger partial charge in [-0.25, -0.2) is 4.79 Å². The maximum absolute atomic E-state index is 12.9. The number of carbonyl (C=O) groups excluding carboxylic acids is 1. The number of benzene rings is 2. The van der Waals surface area contributed by atoms with Crippen molar-refractivity contribution in [3.63, 3.8) is 0 Å². The molecule has 24 heavy (non-hydrogen) atoms. The van der Waals surface area contributed by atoms with Crippen LogP contribution in [-0.2, 0) is 6.54 Å². The van der Waals surface area contributed by atoms with E-state index < -0.39 is 5.97 Å². The number of hydrogen-bond acceptors (Lipinski definition) is 2. The van der Waals surface area contributed by atoms with Crippen molar-refractivity contribution in [1.29, 1.82) is 0 Å². The SMILES string of the molecule is O=C(O)c1ccc(C(=O)N(Cc2ccccc2)c2ccccc2)[nH]1. The first-order valence-corrected chi connectivity index (χ1v) is 7.48. The van der Waals surface area contributed by atoms with E-state index in [1.54, 1.807) is 4.90 Å². The molecule has 0 bridgehead atoms. The summed E-state index contributed by atoms with van der Waals surface area (Å²) in [4.78, 5) is 28.2. The predicted molar refractivity (Wildman–Crippen MR) is 91.1 cm³/mol. The third kappa shape index (κ3) is 3.35. The Labute approximate surface area is 139 Å². The molecule has 1 heterocycles. The van der Waals surface area contributed by atoms with Crippen LogP contribution in [0, 0.1) is 0 Å². The van der Waals surface area contributed by atoms with E-state index in [1.807, 2.05) is 60.7 Å². The molecule has 0 aliphatic carbocycles. The Hall–Kier alpha value is -3.34. The number of aromatic carboxylic acids is 1. The van der Waals surface area contributed by atoms with Gasteiger partial charge in [0.1, 0.15) is 11.4 Å². The van der Waals surface area contributed by atoms with Crippen molar-refractivity contribution in [2.45, 2.75) is 6.54 Å². The number of H-pyrrole nitrogens is 1. The van der Waals surface area contributed by atoms with Crippen molar-refractivity contribution in [2.75, 3.05) is 4.90 Å². The molecule has 0 saturated carbocycles. The molecule has 0 aliphatic heterocycles. The highest BCUT2D eigenvalue weighted by molar-refractivity contribution is 6.05. The second-order valence-corrected chi connectivity index (χ2v) is 5.30. The summed E-state index contributed by atoms with van der Waals surface area (Å²) in [7, 11) is 0. The van der Waals surface area contributed by atoms with Crippen molar-refractivity contribution >= 4 is 17.6 Å². The van der Waals surface area contributed by atoms with Crippen molar-refractivity contribution < 1.29 is 14.7 Å². The lowest BCUT2D eigenvalue weighted by molar-refractivity contribution is 0.0691. The highest BCUT2D eigenvalue weighted by atomic mass is 16.4. The van der Waals surface area contributed by atoms with E-state index in [1.165, 1.54) is 12.1 Å². The Morgan fingerprint density at radius 3 is 2.00 bits per heavy atom. The summed E-state index contributed by atoms with van der Waals surface area (Å²) in [5.74, 6) is -1.37. The van der Waals surface area contributed by atoms with Crippen molar-refractivity contribution in [3.05, 3.63) is 89.7 Å². The molecule has 0 atom stereocenters. The van der Waals surface area contributed by atoms with Crippen LogP contribution in [-0.4, -0.2) is 22.0 Å². The Morgan fingerprint density at radius 2 is 1.42 bits per heavy atom. The van der Waals surface area contributed by atoms with Crippen LogP contribution in [0.2, 0.25) is 0 Å². The number of amides is 1. The fraction of sp³-hybridized carbons (Fsp3) is 0.0526. The normalized spacial score (nSPS) is 10.3. The molecule has 5 heteroatoms. The number of rotatable bonds is 5. The zero-order chi connectivity index (χ0) is 16.9. The van der Waals surface area contributed by atoms with E-state index in [4.69, 9.17) is 5.11 Å². The number of nitrogens with zero attached hydrogens (tertiary/aromatic N) is 1. The monoisotopic (exact) mass is 320 g/mol. The third-order valence-electron chi connectivity index (χ3n) is 3.64. The van der Waals surface area contributed by atoms with Gasteiger partial charge in [0.2, 0.25) is 0 Å². The first-order chi connectivity index (χ1) is 11.6. The summed E-state index contributed by atoms with van der Waals surface area (Å²) < 4.78 is 0. The van der Waals surface area contributed by atoms with E-state index in [0.717, 1.165) is 11.3 Å². The van der Waals surface area contributed by atoms with Gasteiger partial charge in [-0.15, -0.1) is 0 Å². The second-order valence-electron chi connectivity index (χ2n) is 5.30. The van der Waals surface area contributed by atoms with Gasteiger partial charge in [0.15, 0.2) is 0 Å². The van der Waals surface area contributed by atoms with E-state index in [2.05, 4.69) is 4.98 Å². The van der Waals surface area contributed by atoms with Gasteiger partial charge in [0.25, 0.3) is 5.91 Å². The maximum Gasteiger partial charge on any atom is 0.352 e. The number of aromatic nitrogens is 1. The molecular weight excluding hydrogens is 304 g/mol. The molecule has 120 valence electrons. The molecule has 1 aromatic heterocycles. The molecule has 0 radical (unpaired) electrons. The lowest BCUT2D eigenvalue weighted by atomic mass is 10.2. The smallest absolute Gasteiger partial charge is 0.352 e. The number of carboxylic acids is 1. The summed E-state index contributed by atoms with van der Waals surface area (Å²) >= 11 is 0. The average Bonchev–Trinajstić information content (AvgIpc) is 3.11. The van der Waals surface area contributed by atoms with E-state index in [0.29, 0.717) is 6.54 Å². The number of carboxylic acid groups (broad SMARTS) is 1. The van der Waals surface area contributed by atoms with Gasteiger partial charge in [-0.2, -0.15) is 0 Å². The maximum atomic E-state index is 12.9. The van der Waals surface area contributed by atoms with Crippen LogP contribution in [0.5, 0.6) is 0 Å². The fourth-order valence-corrected chi connectivity index (χ4v) is 2.44. The Morgan fingerprint density at radius 1 is 0.833 bits per heavy atom. The molecular formula is C19H16N2O3. The lowest BCUT2D eigenvalue weighted by Crippen LogP contribution is -2.30. The first kappa shape index (κ1) is 15.6. The number of anilines is 1. The zero-order valence-electron chi connectivity index (χ0n) is 12.8. The molecule has 0 saturated heterocycles. The van der Waals surface area contributed by atoms with Crippen LogP contribution >= 0.6 is 0 Å². The van der Waals surface area contributed by atoms with Crippen LogP contribution in [0.1, 0.15) is 26.5 Å². The van der Waals surface area contributed by atoms with Crippen LogP contribution in [0.25, 0.3) is 0 Å². The predicted octanol–water partition coefficient (Wildman–Crippen LogP) is 3.56. The summed E-state index contributed by atoms with van der Waals surface area (Å²) in [6.07, 6.45) is 0. The number of hydrogen-bond donors (Lipinski definition) is 2. The van der Waals surface area contributed by atoms with Gasteiger partial charge in [-0.3, -0.25) is 4.79 Å². The highest BCUT2D eigenvalue weighted by Gasteiger charge is 2.20. The topological polar surface area (TPSA) is 73.4 Å². The van der Waals surface area contributed by atoms with Gasteiger partial charge >= 0.3 is 5.97 Å². The summed E-state index contributed by atoms with van der Waals surface area (Å²) in [6.45, 7) is 0.394. The average molecular weight is 320 g/mol. The van der Waals surface area contributed by atoms with Crippen molar-refractivity contribution in [2.24, 2.45) is 0 Å². The van der Waals surface area contributed by atoms with E-state index in [9.17, 15) is 9.59 Å². The Kier molecular flexibility index (Phi) is 4.43. The summed E-state index contributed by atoms with van der Waals surface area (Å²) in [6, 6.07) is 21.8. The molecule has 0 spiro atoms. The fourth-order valence-electron chi connectivity index (χ4n) is 2.44. The molecule has 1 amide bonds. The number of carbonyl (C=O) groups is 2.